The summed E-state index contributed by atoms with van der Waals surface area (Å²) in [5.74, 6) is 5.77. The number of hydrazine groups is 1. The van der Waals surface area contributed by atoms with Crippen molar-refractivity contribution in [3.05, 3.63) is 29.7 Å². The molecule has 0 radical (unpaired) electrons. The number of hydrogen-bond acceptors (Lipinski definition) is 5. The topological polar surface area (TPSA) is 81.7 Å². The molecule has 2 rings (SSSR count). The van der Waals surface area contributed by atoms with Crippen molar-refractivity contribution in [2.24, 2.45) is 5.84 Å². The van der Waals surface area contributed by atoms with Crippen LogP contribution in [0, 0.1) is 13.8 Å². The Hall–Kier alpha value is -1.95. The molecule has 0 spiro atoms. The Balaban J connectivity index is 2.49. The molecule has 0 bridgehead atoms. The van der Waals surface area contributed by atoms with Gasteiger partial charge in [0.1, 0.15) is 0 Å². The van der Waals surface area contributed by atoms with Gasteiger partial charge in [0.25, 0.3) is 0 Å². The summed E-state index contributed by atoms with van der Waals surface area (Å²) in [4.78, 5) is 0. The van der Waals surface area contributed by atoms with Crippen molar-refractivity contribution >= 4 is 5.82 Å². The summed E-state index contributed by atoms with van der Waals surface area (Å²) in [5, 5.41) is 12.0. The number of nitrogens with two attached hydrogens (primary N) is 1. The lowest BCUT2D eigenvalue weighted by Gasteiger charge is -2.04. The maximum absolute atomic E-state index is 5.26. The fourth-order valence-corrected chi connectivity index (χ4v) is 1.43. The van der Waals surface area contributed by atoms with Gasteiger partial charge in [-0.3, -0.25) is 0 Å². The van der Waals surface area contributed by atoms with E-state index in [4.69, 9.17) is 5.84 Å². The van der Waals surface area contributed by atoms with Crippen LogP contribution in [0.2, 0.25) is 0 Å². The first-order chi connectivity index (χ1) is 7.20. The number of anilines is 1. The Morgan fingerprint density at radius 3 is 2.73 bits per heavy atom. The predicted molar refractivity (Wildman–Crippen MR) is 56.4 cm³/mol. The zero-order valence-electron chi connectivity index (χ0n) is 8.60. The molecule has 0 fully saturated rings. The summed E-state index contributed by atoms with van der Waals surface area (Å²) in [6.07, 6.45) is 1.64. The molecule has 0 saturated heterocycles. The molecule has 0 aliphatic carbocycles. The van der Waals surface area contributed by atoms with Crippen molar-refractivity contribution in [3.63, 3.8) is 0 Å². The van der Waals surface area contributed by atoms with Crippen molar-refractivity contribution in [1.29, 1.82) is 0 Å². The van der Waals surface area contributed by atoms with E-state index in [1.54, 1.807) is 16.9 Å². The predicted octanol–water partition coefficient (Wildman–Crippen LogP) is 0.565. The second-order valence-electron chi connectivity index (χ2n) is 3.28. The molecule has 2 aromatic rings. The highest BCUT2D eigenvalue weighted by Crippen LogP contribution is 2.12. The Kier molecular flexibility index (Phi) is 2.34. The third-order valence-electron chi connectivity index (χ3n) is 2.04. The van der Waals surface area contributed by atoms with Crippen LogP contribution in [0.1, 0.15) is 11.4 Å². The number of nitrogens with one attached hydrogen (secondary N) is 1. The summed E-state index contributed by atoms with van der Waals surface area (Å²) in [6.45, 7) is 3.93. The molecule has 6 heteroatoms. The normalized spacial score (nSPS) is 10.3. The maximum Gasteiger partial charge on any atom is 0.164 e. The number of nitrogen functional groups attached to an aromatic ring is 1. The van der Waals surface area contributed by atoms with Gasteiger partial charge in [-0.25, -0.2) is 10.5 Å². The minimum Gasteiger partial charge on any atom is -0.307 e. The van der Waals surface area contributed by atoms with Crippen LogP contribution in [0.5, 0.6) is 0 Å². The van der Waals surface area contributed by atoms with Crippen LogP contribution in [0.4, 0.5) is 5.82 Å². The minimum absolute atomic E-state index is 0.514. The standard InChI is InChI=1S/C9H12N6/c1-6-3-7(2)15(14-6)8-4-9(12-10)13-11-5-8/h3-5H,10H2,1-2H3,(H,12,13). The molecule has 0 aromatic carbocycles. The van der Waals surface area contributed by atoms with Gasteiger partial charge in [-0.05, 0) is 19.9 Å². The van der Waals surface area contributed by atoms with Crippen LogP contribution in [-0.2, 0) is 0 Å². The number of nitrogens with zero attached hydrogens (tertiary/aromatic N) is 4. The molecule has 15 heavy (non-hydrogen) atoms. The first-order valence-electron chi connectivity index (χ1n) is 4.53. The minimum atomic E-state index is 0.514. The van der Waals surface area contributed by atoms with Crippen molar-refractivity contribution in [2.75, 3.05) is 5.43 Å². The molecule has 0 amide bonds. The molecule has 0 saturated carbocycles. The smallest absolute Gasteiger partial charge is 0.164 e. The van der Waals surface area contributed by atoms with Crippen LogP contribution in [-0.4, -0.2) is 20.0 Å². The Morgan fingerprint density at radius 2 is 2.13 bits per heavy atom. The second-order valence-corrected chi connectivity index (χ2v) is 3.28. The molecular weight excluding hydrogens is 192 g/mol. The molecule has 78 valence electrons. The summed E-state index contributed by atoms with van der Waals surface area (Å²) >= 11 is 0. The first-order valence-corrected chi connectivity index (χ1v) is 4.53. The van der Waals surface area contributed by atoms with E-state index in [0.29, 0.717) is 5.82 Å². The zero-order valence-corrected chi connectivity index (χ0v) is 8.60. The van der Waals surface area contributed by atoms with Crippen molar-refractivity contribution in [3.8, 4) is 5.69 Å². The average molecular weight is 204 g/mol. The van der Waals surface area contributed by atoms with E-state index < -0.39 is 0 Å². The molecule has 0 atom stereocenters. The molecule has 3 N–H and O–H groups in total. The molecule has 0 unspecified atom stereocenters. The molecule has 0 aliphatic heterocycles. The van der Waals surface area contributed by atoms with Crippen LogP contribution < -0.4 is 11.3 Å². The second kappa shape index (κ2) is 3.66. The molecule has 6 nitrogen and oxygen atoms in total. The van der Waals surface area contributed by atoms with Crippen molar-refractivity contribution in [1.82, 2.24) is 20.0 Å². The lowest BCUT2D eigenvalue weighted by atomic mass is 10.4. The molecular formula is C9H12N6. The van der Waals surface area contributed by atoms with Gasteiger partial charge in [0.05, 0.1) is 17.6 Å². The van der Waals surface area contributed by atoms with Crippen LogP contribution in [0.15, 0.2) is 18.3 Å². The van der Waals surface area contributed by atoms with E-state index in [2.05, 4.69) is 20.7 Å². The van der Waals surface area contributed by atoms with Gasteiger partial charge in [-0.1, -0.05) is 0 Å². The van der Waals surface area contributed by atoms with Crippen LogP contribution >= 0.6 is 0 Å². The lowest BCUT2D eigenvalue weighted by Crippen LogP contribution is -2.10. The van der Waals surface area contributed by atoms with Crippen LogP contribution in [0.25, 0.3) is 5.69 Å². The van der Waals surface area contributed by atoms with Gasteiger partial charge in [0.15, 0.2) is 5.82 Å². The summed E-state index contributed by atoms with van der Waals surface area (Å²) < 4.78 is 1.80. The summed E-state index contributed by atoms with van der Waals surface area (Å²) in [6, 6.07) is 3.78. The zero-order chi connectivity index (χ0) is 10.8. The van der Waals surface area contributed by atoms with Crippen molar-refractivity contribution < 1.29 is 0 Å². The van der Waals surface area contributed by atoms with Crippen molar-refractivity contribution in [2.45, 2.75) is 13.8 Å². The molecule has 2 heterocycles. The Labute approximate surface area is 87.1 Å². The summed E-state index contributed by atoms with van der Waals surface area (Å²) in [7, 11) is 0. The van der Waals surface area contributed by atoms with Gasteiger partial charge < -0.3 is 5.43 Å². The van der Waals surface area contributed by atoms with E-state index >= 15 is 0 Å². The lowest BCUT2D eigenvalue weighted by molar-refractivity contribution is 0.819. The highest BCUT2D eigenvalue weighted by molar-refractivity contribution is 5.42. The first kappa shape index (κ1) is 9.60. The number of hydrogen-bond donors (Lipinski definition) is 2. The highest BCUT2D eigenvalue weighted by atomic mass is 15.3. The third kappa shape index (κ3) is 1.79. The Morgan fingerprint density at radius 1 is 1.33 bits per heavy atom. The number of rotatable bonds is 2. The van der Waals surface area contributed by atoms with E-state index in [0.717, 1.165) is 17.1 Å². The van der Waals surface area contributed by atoms with Gasteiger partial charge in [0.2, 0.25) is 0 Å². The summed E-state index contributed by atoms with van der Waals surface area (Å²) in [5.41, 5.74) is 5.29. The van der Waals surface area contributed by atoms with Crippen LogP contribution in [0.3, 0.4) is 0 Å². The Bertz CT molecular complexity index is 475. The largest absolute Gasteiger partial charge is 0.307 e. The van der Waals surface area contributed by atoms with E-state index in [1.807, 2.05) is 19.9 Å². The number of aromatic nitrogens is 4. The molecule has 2 aromatic heterocycles. The monoisotopic (exact) mass is 204 g/mol. The van der Waals surface area contributed by atoms with Gasteiger partial charge >= 0.3 is 0 Å². The fourth-order valence-electron chi connectivity index (χ4n) is 1.43. The molecule has 0 aliphatic rings. The van der Waals surface area contributed by atoms with E-state index in [-0.39, 0.29) is 0 Å². The quantitative estimate of drug-likeness (QED) is 0.552. The maximum atomic E-state index is 5.26. The SMILES string of the molecule is Cc1cc(C)n(-c2cnnc(NN)c2)n1. The van der Waals surface area contributed by atoms with E-state index in [9.17, 15) is 0 Å². The highest BCUT2D eigenvalue weighted by Gasteiger charge is 2.04. The fraction of sp³-hybridized carbons (Fsp3) is 0.222. The van der Waals surface area contributed by atoms with E-state index in [1.165, 1.54) is 0 Å². The van der Waals surface area contributed by atoms with Gasteiger partial charge in [0, 0.05) is 11.8 Å². The van der Waals surface area contributed by atoms with Gasteiger partial charge in [-0.15, -0.1) is 5.10 Å². The third-order valence-corrected chi connectivity index (χ3v) is 2.04. The number of aryl methyl sites for hydroxylation is 2. The average Bonchev–Trinajstić information content (AvgIpc) is 2.58. The van der Waals surface area contributed by atoms with Gasteiger partial charge in [-0.2, -0.15) is 10.2 Å².